The van der Waals surface area contributed by atoms with Crippen LogP contribution in [0.2, 0.25) is 0 Å². The Bertz CT molecular complexity index is 868. The fourth-order valence-electron chi connectivity index (χ4n) is 1.46. The molecule has 0 radical (unpaired) electrons. The van der Waals surface area contributed by atoms with E-state index in [1.165, 1.54) is 4.74 Å². The number of carbonyl (C=O) groups excluding carboxylic acids is 2. The molecule has 0 aromatic carbocycles. The van der Waals surface area contributed by atoms with Crippen LogP contribution in [0.4, 0.5) is 87.8 Å². The standard InChI is InChI=1S/C12H2F20O6/c13-4(8(21,22)23,1-35-2(33)5(14,15)16)37-12(32,10(27,28)29)38-7(20,9(24,25)26)11(30,31)36-3(34)6(17,18)19/h1H2. The molecule has 226 valence electrons. The average Bonchev–Trinajstić information content (AvgIpc) is 2.61. The van der Waals surface area contributed by atoms with Crippen LogP contribution >= 0.6 is 0 Å². The quantitative estimate of drug-likeness (QED) is 0.204. The molecular weight excluding hydrogens is 620 g/mol. The van der Waals surface area contributed by atoms with Gasteiger partial charge < -0.3 is 9.47 Å². The molecule has 0 rings (SSSR count). The minimum absolute atomic E-state index is 1.49. The highest BCUT2D eigenvalue weighted by Crippen LogP contribution is 2.54. The molecule has 0 saturated carbocycles. The summed E-state index contributed by atoms with van der Waals surface area (Å²) < 4.78 is 263. The van der Waals surface area contributed by atoms with Crippen molar-refractivity contribution in [1.82, 2.24) is 0 Å². The van der Waals surface area contributed by atoms with Gasteiger partial charge in [-0.25, -0.2) is 9.59 Å². The first-order valence-electron chi connectivity index (χ1n) is 7.76. The van der Waals surface area contributed by atoms with Crippen LogP contribution in [0.1, 0.15) is 0 Å². The molecule has 0 amide bonds. The maximum absolute atomic E-state index is 14.1. The molecule has 3 atom stereocenters. The zero-order valence-corrected chi connectivity index (χ0v) is 16.2. The van der Waals surface area contributed by atoms with Gasteiger partial charge in [-0.3, -0.25) is 9.47 Å². The first-order chi connectivity index (χ1) is 16.2. The predicted molar refractivity (Wildman–Crippen MR) is 66.0 cm³/mol. The Morgan fingerprint density at radius 2 is 0.895 bits per heavy atom. The van der Waals surface area contributed by atoms with Gasteiger partial charge >= 0.3 is 66.7 Å². The number of carbonyl (C=O) groups is 2. The average molecular weight is 622 g/mol. The van der Waals surface area contributed by atoms with Gasteiger partial charge in [-0.2, -0.15) is 87.8 Å². The molecule has 0 aliphatic heterocycles. The molecule has 0 N–H and O–H groups in total. The third-order valence-electron chi connectivity index (χ3n) is 3.14. The summed E-state index contributed by atoms with van der Waals surface area (Å²) in [5.74, 6) is -23.5. The zero-order chi connectivity index (χ0) is 31.2. The summed E-state index contributed by atoms with van der Waals surface area (Å²) in [6.45, 7) is -3.93. The van der Waals surface area contributed by atoms with Crippen molar-refractivity contribution in [3.63, 3.8) is 0 Å². The number of esters is 2. The van der Waals surface area contributed by atoms with Gasteiger partial charge in [0.25, 0.3) is 0 Å². The van der Waals surface area contributed by atoms with E-state index in [1.807, 2.05) is 0 Å². The minimum atomic E-state index is -8.12. The molecule has 0 aliphatic carbocycles. The second-order valence-corrected chi connectivity index (χ2v) is 6.04. The summed E-state index contributed by atoms with van der Waals surface area (Å²) in [6, 6.07) is -7.90. The summed E-state index contributed by atoms with van der Waals surface area (Å²) in [5.41, 5.74) is 0. The third-order valence-corrected chi connectivity index (χ3v) is 3.14. The Kier molecular flexibility index (Phi) is 9.23. The third kappa shape index (κ3) is 7.52. The maximum Gasteiger partial charge on any atom is 0.491 e. The van der Waals surface area contributed by atoms with Crippen LogP contribution in [-0.4, -0.2) is 73.3 Å². The van der Waals surface area contributed by atoms with Crippen LogP contribution in [0.3, 0.4) is 0 Å². The highest BCUT2D eigenvalue weighted by atomic mass is 19.4. The number of halogens is 20. The Morgan fingerprint density at radius 3 is 1.18 bits per heavy atom. The largest absolute Gasteiger partial charge is 0.491 e. The maximum atomic E-state index is 14.1. The molecule has 0 bridgehead atoms. The molecule has 0 spiro atoms. The molecule has 0 aromatic heterocycles. The topological polar surface area (TPSA) is 71.1 Å². The Balaban J connectivity index is 6.85. The smallest absolute Gasteiger partial charge is 0.453 e. The van der Waals surface area contributed by atoms with Crippen molar-refractivity contribution < 1.29 is 116 Å². The summed E-state index contributed by atoms with van der Waals surface area (Å²) in [7, 11) is 0. The molecule has 0 heterocycles. The molecular formula is C12H2F20O6. The summed E-state index contributed by atoms with van der Waals surface area (Å²) >= 11 is 0. The van der Waals surface area contributed by atoms with Crippen molar-refractivity contribution in [1.29, 1.82) is 0 Å². The number of ether oxygens (including phenoxy) is 4. The molecule has 6 nitrogen and oxygen atoms in total. The number of alkyl halides is 20. The molecule has 0 saturated heterocycles. The van der Waals surface area contributed by atoms with Gasteiger partial charge in [0, 0.05) is 0 Å². The number of rotatable bonds is 8. The number of hydrogen-bond donors (Lipinski definition) is 0. The van der Waals surface area contributed by atoms with Crippen LogP contribution in [-0.2, 0) is 28.5 Å². The molecule has 38 heavy (non-hydrogen) atoms. The molecule has 3 unspecified atom stereocenters. The lowest BCUT2D eigenvalue weighted by molar-refractivity contribution is -0.570. The van der Waals surface area contributed by atoms with Gasteiger partial charge in [0.05, 0.1) is 0 Å². The minimum Gasteiger partial charge on any atom is -0.453 e. The van der Waals surface area contributed by atoms with E-state index in [4.69, 9.17) is 0 Å². The summed E-state index contributed by atoms with van der Waals surface area (Å²) in [4.78, 5) is 20.6. The Hall–Kier alpha value is -2.54. The van der Waals surface area contributed by atoms with Crippen LogP contribution in [0.5, 0.6) is 0 Å². The predicted octanol–water partition coefficient (Wildman–Crippen LogP) is 5.47. The van der Waals surface area contributed by atoms with Crippen molar-refractivity contribution >= 4 is 11.9 Å². The second-order valence-electron chi connectivity index (χ2n) is 6.04. The van der Waals surface area contributed by atoms with Crippen LogP contribution < -0.4 is 0 Å². The first-order valence-corrected chi connectivity index (χ1v) is 7.76. The SMILES string of the molecule is O=C(OCC(F)(OC(F)(OC(F)(C(F)(F)F)C(F)(F)OC(=O)C(F)(F)F)C(F)(F)F)C(F)(F)F)C(F)(F)F. The van der Waals surface area contributed by atoms with Crippen molar-refractivity contribution in [2.24, 2.45) is 0 Å². The van der Waals surface area contributed by atoms with E-state index in [9.17, 15) is 97.4 Å². The molecule has 0 aromatic rings. The van der Waals surface area contributed by atoms with Gasteiger partial charge in [0.1, 0.15) is 0 Å². The van der Waals surface area contributed by atoms with Crippen LogP contribution in [0.25, 0.3) is 0 Å². The van der Waals surface area contributed by atoms with E-state index >= 15 is 0 Å². The lowest BCUT2D eigenvalue weighted by atomic mass is 10.2. The van der Waals surface area contributed by atoms with Crippen molar-refractivity contribution in [2.75, 3.05) is 6.61 Å². The molecule has 26 heteroatoms. The van der Waals surface area contributed by atoms with Gasteiger partial charge in [-0.1, -0.05) is 0 Å². The monoisotopic (exact) mass is 622 g/mol. The molecule has 0 fully saturated rings. The summed E-state index contributed by atoms with van der Waals surface area (Å²) in [5, 5.41) is 0. The summed E-state index contributed by atoms with van der Waals surface area (Å²) in [6.07, 6.45) is -44.4. The van der Waals surface area contributed by atoms with E-state index in [0.717, 1.165) is 0 Å². The Morgan fingerprint density at radius 1 is 0.500 bits per heavy atom. The highest BCUT2D eigenvalue weighted by Gasteiger charge is 2.83. The van der Waals surface area contributed by atoms with Crippen LogP contribution in [0, 0.1) is 0 Å². The van der Waals surface area contributed by atoms with Gasteiger partial charge in [-0.15, -0.1) is 0 Å². The lowest BCUT2D eigenvalue weighted by Crippen LogP contribution is -2.67. The normalized spacial score (nSPS) is 19.2. The second kappa shape index (κ2) is 9.89. The Labute approximate surface area is 191 Å². The highest BCUT2D eigenvalue weighted by molar-refractivity contribution is 5.76. The van der Waals surface area contributed by atoms with Crippen LogP contribution in [0.15, 0.2) is 0 Å². The van der Waals surface area contributed by atoms with Gasteiger partial charge in [-0.05, 0) is 0 Å². The van der Waals surface area contributed by atoms with E-state index in [0.29, 0.717) is 0 Å². The first kappa shape index (κ1) is 35.5. The van der Waals surface area contributed by atoms with Gasteiger partial charge in [0.15, 0.2) is 6.61 Å². The fourth-order valence-corrected chi connectivity index (χ4v) is 1.46. The van der Waals surface area contributed by atoms with E-state index in [1.54, 1.807) is 9.47 Å². The van der Waals surface area contributed by atoms with Crippen molar-refractivity contribution in [2.45, 2.75) is 54.7 Å². The fraction of sp³-hybridized carbons (Fsp3) is 0.833. The van der Waals surface area contributed by atoms with Crippen molar-refractivity contribution in [3.05, 3.63) is 0 Å². The lowest BCUT2D eigenvalue weighted by Gasteiger charge is -2.40. The number of hydrogen-bond acceptors (Lipinski definition) is 6. The van der Waals surface area contributed by atoms with Gasteiger partial charge in [0.2, 0.25) is 0 Å². The zero-order valence-electron chi connectivity index (χ0n) is 16.2. The van der Waals surface area contributed by atoms with E-state index < -0.39 is 73.3 Å². The van der Waals surface area contributed by atoms with E-state index in [2.05, 4.69) is 4.74 Å². The molecule has 0 aliphatic rings. The van der Waals surface area contributed by atoms with Crippen molar-refractivity contribution in [3.8, 4) is 0 Å². The van der Waals surface area contributed by atoms with E-state index in [-0.39, 0.29) is 0 Å².